The lowest BCUT2D eigenvalue weighted by Crippen LogP contribution is -2.34. The van der Waals surface area contributed by atoms with Crippen LogP contribution in [0.5, 0.6) is 0 Å². The minimum atomic E-state index is 0.0333. The lowest BCUT2D eigenvalue weighted by molar-refractivity contribution is 0.0964. The number of rotatable bonds is 4. The van der Waals surface area contributed by atoms with Crippen molar-refractivity contribution in [1.82, 2.24) is 10.4 Å². The molecule has 4 heteroatoms. The Bertz CT molecular complexity index is 323. The van der Waals surface area contributed by atoms with Crippen molar-refractivity contribution in [2.24, 2.45) is 0 Å². The number of hydrogen-bond acceptors (Lipinski definition) is 4. The second kappa shape index (κ2) is 4.74. The summed E-state index contributed by atoms with van der Waals surface area (Å²) in [4.78, 5) is 11.6. The van der Waals surface area contributed by atoms with Crippen molar-refractivity contribution in [3.8, 4) is 0 Å². The van der Waals surface area contributed by atoms with E-state index in [1.165, 1.54) is 0 Å². The molecule has 0 aliphatic carbocycles. The molecule has 0 amide bonds. The standard InChI is InChI=1S/C10H15N3O/c1-13(2)12-7-10(14)8-4-3-5-9(11)6-8/h3-6,12H,7,11H2,1-2H3. The van der Waals surface area contributed by atoms with Gasteiger partial charge < -0.3 is 5.73 Å². The summed E-state index contributed by atoms with van der Waals surface area (Å²) >= 11 is 0. The van der Waals surface area contributed by atoms with Gasteiger partial charge in [-0.15, -0.1) is 0 Å². The molecular formula is C10H15N3O. The van der Waals surface area contributed by atoms with Crippen LogP contribution in [0.15, 0.2) is 24.3 Å². The van der Waals surface area contributed by atoms with Crippen LogP contribution in [0, 0.1) is 0 Å². The first-order valence-corrected chi connectivity index (χ1v) is 4.39. The van der Waals surface area contributed by atoms with E-state index >= 15 is 0 Å². The molecule has 0 aromatic heterocycles. The van der Waals surface area contributed by atoms with E-state index in [9.17, 15) is 4.79 Å². The number of benzene rings is 1. The molecule has 0 saturated heterocycles. The van der Waals surface area contributed by atoms with Gasteiger partial charge in [0.2, 0.25) is 0 Å². The van der Waals surface area contributed by atoms with Crippen LogP contribution < -0.4 is 11.2 Å². The molecule has 0 fully saturated rings. The molecular weight excluding hydrogens is 178 g/mol. The van der Waals surface area contributed by atoms with Crippen LogP contribution in [0.4, 0.5) is 5.69 Å². The van der Waals surface area contributed by atoms with Crippen molar-refractivity contribution in [3.63, 3.8) is 0 Å². The van der Waals surface area contributed by atoms with Crippen molar-refractivity contribution in [2.75, 3.05) is 26.4 Å². The van der Waals surface area contributed by atoms with E-state index < -0.39 is 0 Å². The molecule has 1 aromatic rings. The zero-order chi connectivity index (χ0) is 10.6. The molecule has 3 N–H and O–H groups in total. The van der Waals surface area contributed by atoms with Crippen molar-refractivity contribution in [3.05, 3.63) is 29.8 Å². The smallest absolute Gasteiger partial charge is 0.178 e. The molecule has 0 radical (unpaired) electrons. The number of nitrogens with one attached hydrogen (secondary N) is 1. The molecule has 0 heterocycles. The normalized spacial score (nSPS) is 10.5. The van der Waals surface area contributed by atoms with Crippen LogP contribution in [-0.4, -0.2) is 31.4 Å². The first-order valence-electron chi connectivity index (χ1n) is 4.39. The molecule has 1 aromatic carbocycles. The van der Waals surface area contributed by atoms with E-state index in [0.29, 0.717) is 11.3 Å². The lowest BCUT2D eigenvalue weighted by atomic mass is 10.1. The summed E-state index contributed by atoms with van der Waals surface area (Å²) in [6.07, 6.45) is 0. The summed E-state index contributed by atoms with van der Waals surface area (Å²) in [5.41, 5.74) is 9.73. The Morgan fingerprint density at radius 3 is 2.79 bits per heavy atom. The number of nitrogens with zero attached hydrogens (tertiary/aromatic N) is 1. The van der Waals surface area contributed by atoms with Crippen molar-refractivity contribution in [2.45, 2.75) is 0 Å². The highest BCUT2D eigenvalue weighted by Gasteiger charge is 2.05. The van der Waals surface area contributed by atoms with Gasteiger partial charge in [-0.1, -0.05) is 12.1 Å². The Labute approximate surface area is 83.7 Å². The van der Waals surface area contributed by atoms with Gasteiger partial charge in [-0.25, -0.2) is 5.43 Å². The van der Waals surface area contributed by atoms with E-state index in [0.717, 1.165) is 0 Å². The summed E-state index contributed by atoms with van der Waals surface area (Å²) in [5.74, 6) is 0.0333. The molecule has 14 heavy (non-hydrogen) atoms. The molecule has 0 atom stereocenters. The highest BCUT2D eigenvalue weighted by atomic mass is 16.1. The average molecular weight is 193 g/mol. The number of nitrogens with two attached hydrogens (primary N) is 1. The van der Waals surface area contributed by atoms with Gasteiger partial charge in [0, 0.05) is 25.3 Å². The van der Waals surface area contributed by atoms with Crippen LogP contribution in [-0.2, 0) is 0 Å². The highest BCUT2D eigenvalue weighted by molar-refractivity contribution is 5.98. The molecule has 0 saturated carbocycles. The summed E-state index contributed by atoms with van der Waals surface area (Å²) in [7, 11) is 3.68. The summed E-state index contributed by atoms with van der Waals surface area (Å²) in [5, 5.41) is 1.74. The first kappa shape index (κ1) is 10.7. The molecule has 0 spiro atoms. The number of Topliss-reactive ketones (excluding diaryl/α,β-unsaturated/α-hetero) is 1. The van der Waals surface area contributed by atoms with E-state index in [1.807, 2.05) is 14.1 Å². The predicted octanol–water partition coefficient (Wildman–Crippen LogP) is 0.518. The number of hydrazine groups is 1. The third-order valence-corrected chi connectivity index (χ3v) is 1.76. The van der Waals surface area contributed by atoms with Gasteiger partial charge in [0.1, 0.15) is 0 Å². The van der Waals surface area contributed by atoms with Gasteiger partial charge >= 0.3 is 0 Å². The van der Waals surface area contributed by atoms with Gasteiger partial charge in [0.05, 0.1) is 6.54 Å². The number of ketones is 1. The van der Waals surface area contributed by atoms with Gasteiger partial charge in [-0.3, -0.25) is 9.80 Å². The van der Waals surface area contributed by atoms with E-state index in [2.05, 4.69) is 5.43 Å². The third kappa shape index (κ3) is 3.16. The number of carbonyl (C=O) groups is 1. The van der Waals surface area contributed by atoms with Gasteiger partial charge in [0.25, 0.3) is 0 Å². The molecule has 4 nitrogen and oxygen atoms in total. The highest BCUT2D eigenvalue weighted by Crippen LogP contribution is 2.06. The summed E-state index contributed by atoms with van der Waals surface area (Å²) in [6.45, 7) is 0.288. The fourth-order valence-corrected chi connectivity index (χ4v) is 1.04. The fourth-order valence-electron chi connectivity index (χ4n) is 1.04. The van der Waals surface area contributed by atoms with E-state index in [4.69, 9.17) is 5.73 Å². The van der Waals surface area contributed by atoms with Crippen molar-refractivity contribution < 1.29 is 4.79 Å². The van der Waals surface area contributed by atoms with Gasteiger partial charge in [-0.05, 0) is 12.1 Å². The zero-order valence-corrected chi connectivity index (χ0v) is 8.45. The Morgan fingerprint density at radius 2 is 2.21 bits per heavy atom. The van der Waals surface area contributed by atoms with Crippen molar-refractivity contribution in [1.29, 1.82) is 0 Å². The van der Waals surface area contributed by atoms with E-state index in [1.54, 1.807) is 29.3 Å². The molecule has 1 rings (SSSR count). The summed E-state index contributed by atoms with van der Waals surface area (Å²) in [6, 6.07) is 6.98. The Kier molecular flexibility index (Phi) is 3.62. The Hall–Kier alpha value is -1.39. The number of carbonyl (C=O) groups excluding carboxylic acids is 1. The summed E-state index contributed by atoms with van der Waals surface area (Å²) < 4.78 is 0. The van der Waals surface area contributed by atoms with Crippen LogP contribution in [0.25, 0.3) is 0 Å². The van der Waals surface area contributed by atoms with Gasteiger partial charge in [0.15, 0.2) is 5.78 Å². The Morgan fingerprint density at radius 1 is 1.50 bits per heavy atom. The maximum absolute atomic E-state index is 11.6. The number of hydrogen-bond donors (Lipinski definition) is 2. The average Bonchev–Trinajstić information content (AvgIpc) is 2.14. The largest absolute Gasteiger partial charge is 0.399 e. The van der Waals surface area contributed by atoms with Crippen LogP contribution >= 0.6 is 0 Å². The molecule has 0 aliphatic rings. The molecule has 76 valence electrons. The monoisotopic (exact) mass is 193 g/mol. The predicted molar refractivity (Wildman–Crippen MR) is 56.9 cm³/mol. The quantitative estimate of drug-likeness (QED) is 0.416. The van der Waals surface area contributed by atoms with Crippen LogP contribution in [0.3, 0.4) is 0 Å². The number of anilines is 1. The molecule has 0 bridgehead atoms. The molecule has 0 unspecified atom stereocenters. The minimum Gasteiger partial charge on any atom is -0.399 e. The van der Waals surface area contributed by atoms with E-state index in [-0.39, 0.29) is 12.3 Å². The SMILES string of the molecule is CN(C)NCC(=O)c1cccc(N)c1. The second-order valence-corrected chi connectivity index (χ2v) is 3.28. The van der Waals surface area contributed by atoms with Crippen molar-refractivity contribution >= 4 is 11.5 Å². The minimum absolute atomic E-state index is 0.0333. The number of nitrogen functional groups attached to an aromatic ring is 1. The maximum atomic E-state index is 11.6. The Balaban J connectivity index is 2.61. The maximum Gasteiger partial charge on any atom is 0.178 e. The lowest BCUT2D eigenvalue weighted by Gasteiger charge is -2.10. The fraction of sp³-hybridized carbons (Fsp3) is 0.300. The zero-order valence-electron chi connectivity index (χ0n) is 8.45. The molecule has 0 aliphatic heterocycles. The van der Waals surface area contributed by atoms with Gasteiger partial charge in [-0.2, -0.15) is 0 Å². The first-order chi connectivity index (χ1) is 6.59. The third-order valence-electron chi connectivity index (χ3n) is 1.76. The topological polar surface area (TPSA) is 58.4 Å². The van der Waals surface area contributed by atoms with Crippen LogP contribution in [0.1, 0.15) is 10.4 Å². The van der Waals surface area contributed by atoms with Crippen LogP contribution in [0.2, 0.25) is 0 Å². The second-order valence-electron chi connectivity index (χ2n) is 3.28.